The maximum absolute atomic E-state index is 12.2. The minimum atomic E-state index is 0.125. The fourth-order valence-electron chi connectivity index (χ4n) is 2.49. The molecule has 1 aliphatic carbocycles. The minimum absolute atomic E-state index is 0.125. The first kappa shape index (κ1) is 13.6. The van der Waals surface area contributed by atoms with E-state index in [4.69, 9.17) is 5.73 Å². The molecule has 2 rings (SSSR count). The van der Waals surface area contributed by atoms with Gasteiger partial charge in [0, 0.05) is 30.0 Å². The molecule has 1 fully saturated rings. The van der Waals surface area contributed by atoms with E-state index < -0.39 is 0 Å². The molecule has 0 bridgehead atoms. The monoisotopic (exact) mass is 310 g/mol. The maximum atomic E-state index is 12.2. The number of rotatable bonds is 3. The van der Waals surface area contributed by atoms with Gasteiger partial charge in [-0.15, -0.1) is 0 Å². The molecule has 1 aromatic rings. The van der Waals surface area contributed by atoms with Crippen molar-refractivity contribution in [3.63, 3.8) is 0 Å². The van der Waals surface area contributed by atoms with Crippen molar-refractivity contribution in [3.8, 4) is 0 Å². The Morgan fingerprint density at radius 2 is 2.06 bits per heavy atom. The highest BCUT2D eigenvalue weighted by Crippen LogP contribution is 2.26. The van der Waals surface area contributed by atoms with Crippen LogP contribution in [0.1, 0.15) is 24.8 Å². The second kappa shape index (κ2) is 5.85. The molecule has 1 amide bonds. The van der Waals surface area contributed by atoms with E-state index in [2.05, 4.69) is 15.9 Å². The smallest absolute Gasteiger partial charge is 0.225 e. The van der Waals surface area contributed by atoms with Gasteiger partial charge in [-0.1, -0.05) is 28.1 Å². The number of benzene rings is 1. The summed E-state index contributed by atoms with van der Waals surface area (Å²) in [6, 6.07) is 8.28. The number of carbonyl (C=O) groups excluding carboxylic acids is 1. The molecule has 0 heterocycles. The summed E-state index contributed by atoms with van der Waals surface area (Å²) in [6.45, 7) is 0.665. The molecule has 0 radical (unpaired) electrons. The molecule has 98 valence electrons. The number of nitrogens with two attached hydrogens (primary N) is 1. The van der Waals surface area contributed by atoms with Gasteiger partial charge >= 0.3 is 0 Å². The zero-order valence-corrected chi connectivity index (χ0v) is 12.2. The minimum Gasteiger partial charge on any atom is -0.341 e. The predicted octanol–water partition coefficient (Wildman–Crippen LogP) is 2.53. The highest BCUT2D eigenvalue weighted by atomic mass is 79.9. The second-order valence-electron chi connectivity index (χ2n) is 5.09. The maximum Gasteiger partial charge on any atom is 0.225 e. The molecule has 1 aliphatic rings. The van der Waals surface area contributed by atoms with Crippen molar-refractivity contribution in [2.24, 2.45) is 11.7 Å². The Morgan fingerprint density at radius 3 is 2.61 bits per heavy atom. The molecule has 4 heteroatoms. The Morgan fingerprint density at radius 1 is 1.39 bits per heavy atom. The number of carbonyl (C=O) groups is 1. The summed E-state index contributed by atoms with van der Waals surface area (Å²) in [5, 5.41) is 0. The molecule has 2 atom stereocenters. The van der Waals surface area contributed by atoms with Crippen molar-refractivity contribution < 1.29 is 4.79 Å². The lowest BCUT2D eigenvalue weighted by molar-refractivity contribution is -0.134. The summed E-state index contributed by atoms with van der Waals surface area (Å²) in [5.74, 6) is 0.353. The molecular formula is C14H19BrN2O. The molecule has 18 heavy (non-hydrogen) atoms. The van der Waals surface area contributed by atoms with Gasteiger partial charge in [-0.2, -0.15) is 0 Å². The van der Waals surface area contributed by atoms with Crippen molar-refractivity contribution in [2.75, 3.05) is 7.05 Å². The van der Waals surface area contributed by atoms with Gasteiger partial charge in [0.1, 0.15) is 0 Å². The Kier molecular flexibility index (Phi) is 4.40. The average molecular weight is 311 g/mol. The third kappa shape index (κ3) is 3.33. The van der Waals surface area contributed by atoms with Crippen LogP contribution in [0.4, 0.5) is 0 Å². The first-order valence-electron chi connectivity index (χ1n) is 6.31. The highest BCUT2D eigenvalue weighted by Gasteiger charge is 2.29. The number of hydrogen-bond acceptors (Lipinski definition) is 2. The molecule has 2 N–H and O–H groups in total. The lowest BCUT2D eigenvalue weighted by atomic mass is 10.1. The van der Waals surface area contributed by atoms with Crippen LogP contribution < -0.4 is 5.73 Å². The van der Waals surface area contributed by atoms with Gasteiger partial charge in [0.25, 0.3) is 0 Å². The Bertz CT molecular complexity index is 418. The summed E-state index contributed by atoms with van der Waals surface area (Å²) in [4.78, 5) is 14.0. The SMILES string of the molecule is CN(Cc1ccc(Br)cc1)C(=O)C1CCC(N)C1. The fraction of sp³-hybridized carbons (Fsp3) is 0.500. The quantitative estimate of drug-likeness (QED) is 0.932. The predicted molar refractivity (Wildman–Crippen MR) is 75.9 cm³/mol. The Balaban J connectivity index is 1.93. The van der Waals surface area contributed by atoms with Crippen LogP contribution in [-0.4, -0.2) is 23.9 Å². The molecule has 1 saturated carbocycles. The Labute approximate surface area is 116 Å². The van der Waals surface area contributed by atoms with Crippen LogP contribution in [0.5, 0.6) is 0 Å². The van der Waals surface area contributed by atoms with Crippen LogP contribution in [0, 0.1) is 5.92 Å². The fourth-order valence-corrected chi connectivity index (χ4v) is 2.76. The van der Waals surface area contributed by atoms with Crippen LogP contribution >= 0.6 is 15.9 Å². The molecule has 3 nitrogen and oxygen atoms in total. The van der Waals surface area contributed by atoms with E-state index in [-0.39, 0.29) is 17.9 Å². The van der Waals surface area contributed by atoms with Crippen LogP contribution in [0.2, 0.25) is 0 Å². The van der Waals surface area contributed by atoms with Gasteiger partial charge in [-0.25, -0.2) is 0 Å². The number of nitrogens with zero attached hydrogens (tertiary/aromatic N) is 1. The molecule has 0 saturated heterocycles. The van der Waals surface area contributed by atoms with Crippen LogP contribution in [0.15, 0.2) is 28.7 Å². The van der Waals surface area contributed by atoms with E-state index in [1.807, 2.05) is 36.2 Å². The van der Waals surface area contributed by atoms with E-state index in [9.17, 15) is 4.79 Å². The topological polar surface area (TPSA) is 46.3 Å². The van der Waals surface area contributed by atoms with Gasteiger partial charge in [0.05, 0.1) is 0 Å². The molecule has 2 unspecified atom stereocenters. The zero-order valence-electron chi connectivity index (χ0n) is 10.6. The molecule has 0 spiro atoms. The van der Waals surface area contributed by atoms with E-state index in [1.165, 1.54) is 0 Å². The molecule has 0 aliphatic heterocycles. The summed E-state index contributed by atoms with van der Waals surface area (Å²) in [6.07, 6.45) is 2.75. The van der Waals surface area contributed by atoms with Crippen LogP contribution in [0.25, 0.3) is 0 Å². The van der Waals surface area contributed by atoms with E-state index in [0.29, 0.717) is 6.54 Å². The standard InChI is InChI=1S/C14H19BrN2O/c1-17(9-10-2-5-12(15)6-3-10)14(18)11-4-7-13(16)8-11/h2-3,5-6,11,13H,4,7-9,16H2,1H3. The normalized spacial score (nSPS) is 23.1. The summed E-state index contributed by atoms with van der Waals surface area (Å²) >= 11 is 3.41. The lowest BCUT2D eigenvalue weighted by Crippen LogP contribution is -2.32. The van der Waals surface area contributed by atoms with Crippen LogP contribution in [0.3, 0.4) is 0 Å². The van der Waals surface area contributed by atoms with Crippen molar-refractivity contribution in [2.45, 2.75) is 31.8 Å². The van der Waals surface area contributed by atoms with Gasteiger partial charge < -0.3 is 10.6 Å². The third-order valence-electron chi connectivity index (χ3n) is 3.53. The lowest BCUT2D eigenvalue weighted by Gasteiger charge is -2.21. The summed E-state index contributed by atoms with van der Waals surface area (Å²) in [5.41, 5.74) is 7.01. The number of amides is 1. The van der Waals surface area contributed by atoms with E-state index in [0.717, 1.165) is 29.3 Å². The number of hydrogen-bond donors (Lipinski definition) is 1. The van der Waals surface area contributed by atoms with Gasteiger partial charge in [-0.05, 0) is 37.0 Å². The average Bonchev–Trinajstić information content (AvgIpc) is 2.78. The van der Waals surface area contributed by atoms with Crippen molar-refractivity contribution in [1.29, 1.82) is 0 Å². The van der Waals surface area contributed by atoms with Gasteiger partial charge in [-0.3, -0.25) is 4.79 Å². The van der Waals surface area contributed by atoms with Crippen molar-refractivity contribution >= 4 is 21.8 Å². The Hall–Kier alpha value is -0.870. The molecular weight excluding hydrogens is 292 g/mol. The summed E-state index contributed by atoms with van der Waals surface area (Å²) < 4.78 is 1.06. The first-order valence-corrected chi connectivity index (χ1v) is 7.10. The summed E-state index contributed by atoms with van der Waals surface area (Å²) in [7, 11) is 1.87. The number of halogens is 1. The second-order valence-corrected chi connectivity index (χ2v) is 6.01. The van der Waals surface area contributed by atoms with Gasteiger partial charge in [0.15, 0.2) is 0 Å². The van der Waals surface area contributed by atoms with Gasteiger partial charge in [0.2, 0.25) is 5.91 Å². The highest BCUT2D eigenvalue weighted by molar-refractivity contribution is 9.10. The molecule has 1 aromatic carbocycles. The third-order valence-corrected chi connectivity index (χ3v) is 4.06. The van der Waals surface area contributed by atoms with E-state index in [1.54, 1.807) is 0 Å². The largest absolute Gasteiger partial charge is 0.341 e. The zero-order chi connectivity index (χ0) is 13.1. The van der Waals surface area contributed by atoms with Crippen molar-refractivity contribution in [1.82, 2.24) is 4.90 Å². The van der Waals surface area contributed by atoms with Crippen molar-refractivity contribution in [3.05, 3.63) is 34.3 Å². The van der Waals surface area contributed by atoms with E-state index >= 15 is 0 Å². The molecule has 0 aromatic heterocycles. The van der Waals surface area contributed by atoms with Crippen LogP contribution in [-0.2, 0) is 11.3 Å². The first-order chi connectivity index (χ1) is 8.56.